The van der Waals surface area contributed by atoms with Gasteiger partial charge < -0.3 is 20.1 Å². The molecule has 0 bridgehead atoms. The molecular weight excluding hydrogens is 399 g/mol. The summed E-state index contributed by atoms with van der Waals surface area (Å²) in [5, 5.41) is 0. The van der Waals surface area contributed by atoms with Crippen molar-refractivity contribution in [1.82, 2.24) is 4.90 Å². The summed E-state index contributed by atoms with van der Waals surface area (Å²) < 4.78 is 24.8. The van der Waals surface area contributed by atoms with Gasteiger partial charge in [0.05, 0.1) is 0 Å². The number of rotatable bonds is 8. The minimum absolute atomic E-state index is 0.293. The third kappa shape index (κ3) is 5.82. The number of hydrogen-bond acceptors (Lipinski definition) is 4. The van der Waals surface area contributed by atoms with E-state index in [2.05, 4.69) is 0 Å². The second kappa shape index (κ2) is 9.75. The SMILES string of the molecule is Cc1ccc(Oc2ccc(OCC(=O)N(C)C(C(N)=O)c3cccc(F)c3)cc2)cc1. The minimum Gasteiger partial charge on any atom is -0.484 e. The molecule has 0 aromatic heterocycles. The second-order valence-electron chi connectivity index (χ2n) is 7.04. The van der Waals surface area contributed by atoms with Crippen LogP contribution in [-0.2, 0) is 9.59 Å². The third-order valence-electron chi connectivity index (χ3n) is 4.66. The van der Waals surface area contributed by atoms with Crippen molar-refractivity contribution in [1.29, 1.82) is 0 Å². The smallest absolute Gasteiger partial charge is 0.261 e. The van der Waals surface area contributed by atoms with Gasteiger partial charge in [-0.05, 0) is 61.0 Å². The second-order valence-corrected chi connectivity index (χ2v) is 7.04. The molecule has 0 aliphatic carbocycles. The molecular formula is C24H23FN2O4. The Balaban J connectivity index is 1.60. The van der Waals surface area contributed by atoms with E-state index < -0.39 is 23.7 Å². The standard InChI is InChI=1S/C24H23FN2O4/c1-16-6-8-20(9-7-16)31-21-12-10-19(11-13-21)30-15-22(28)27(2)23(24(26)29)17-4-3-5-18(25)14-17/h3-14,23H,15H2,1-2H3,(H2,26,29). The average molecular weight is 422 g/mol. The van der Waals surface area contributed by atoms with Crippen LogP contribution in [0.1, 0.15) is 17.2 Å². The summed E-state index contributed by atoms with van der Waals surface area (Å²) in [5.41, 5.74) is 6.88. The maximum atomic E-state index is 13.5. The van der Waals surface area contributed by atoms with Gasteiger partial charge in [-0.2, -0.15) is 0 Å². The normalized spacial score (nSPS) is 11.5. The molecule has 3 aromatic rings. The Labute approximate surface area is 180 Å². The number of likely N-dealkylation sites (N-methyl/N-ethyl adjacent to an activating group) is 1. The van der Waals surface area contributed by atoms with Gasteiger partial charge in [0.2, 0.25) is 5.91 Å². The van der Waals surface area contributed by atoms with Crippen LogP contribution in [0.25, 0.3) is 0 Å². The highest BCUT2D eigenvalue weighted by molar-refractivity contribution is 5.88. The van der Waals surface area contributed by atoms with Gasteiger partial charge in [-0.1, -0.05) is 29.8 Å². The van der Waals surface area contributed by atoms with Crippen LogP contribution in [0, 0.1) is 12.7 Å². The summed E-state index contributed by atoms with van der Waals surface area (Å²) in [4.78, 5) is 25.6. The Morgan fingerprint density at radius 3 is 2.13 bits per heavy atom. The molecule has 0 heterocycles. The number of hydrogen-bond donors (Lipinski definition) is 1. The van der Waals surface area contributed by atoms with E-state index in [4.69, 9.17) is 15.2 Å². The van der Waals surface area contributed by atoms with Crippen molar-refractivity contribution < 1.29 is 23.5 Å². The summed E-state index contributed by atoms with van der Waals surface area (Å²) in [5.74, 6) is 0.0331. The molecule has 0 aliphatic rings. The molecule has 0 radical (unpaired) electrons. The molecule has 7 heteroatoms. The van der Waals surface area contributed by atoms with Crippen molar-refractivity contribution in [3.05, 3.63) is 89.7 Å². The lowest BCUT2D eigenvalue weighted by Crippen LogP contribution is -2.41. The molecule has 2 N–H and O–H groups in total. The Hall–Kier alpha value is -3.87. The van der Waals surface area contributed by atoms with Crippen LogP contribution in [0.4, 0.5) is 4.39 Å². The topological polar surface area (TPSA) is 81.9 Å². The molecule has 1 atom stereocenters. The molecule has 3 rings (SSSR count). The number of amides is 2. The van der Waals surface area contributed by atoms with E-state index in [9.17, 15) is 14.0 Å². The fourth-order valence-corrected chi connectivity index (χ4v) is 2.99. The monoisotopic (exact) mass is 422 g/mol. The van der Waals surface area contributed by atoms with E-state index in [1.54, 1.807) is 24.3 Å². The fourth-order valence-electron chi connectivity index (χ4n) is 2.99. The molecule has 0 saturated heterocycles. The number of carbonyl (C=O) groups is 2. The van der Waals surface area contributed by atoms with Gasteiger partial charge in [0, 0.05) is 7.05 Å². The number of ether oxygens (including phenoxy) is 2. The van der Waals surface area contributed by atoms with Gasteiger partial charge in [0.1, 0.15) is 29.1 Å². The van der Waals surface area contributed by atoms with E-state index in [-0.39, 0.29) is 6.61 Å². The number of benzene rings is 3. The highest BCUT2D eigenvalue weighted by Gasteiger charge is 2.27. The quantitative estimate of drug-likeness (QED) is 0.595. The molecule has 2 amide bonds. The van der Waals surface area contributed by atoms with Crippen molar-refractivity contribution in [2.24, 2.45) is 5.73 Å². The van der Waals surface area contributed by atoms with Crippen LogP contribution >= 0.6 is 0 Å². The number of aryl methyl sites for hydroxylation is 1. The fraction of sp³-hybridized carbons (Fsp3) is 0.167. The van der Waals surface area contributed by atoms with Crippen LogP contribution < -0.4 is 15.2 Å². The van der Waals surface area contributed by atoms with E-state index in [0.29, 0.717) is 22.8 Å². The Kier molecular flexibility index (Phi) is 6.87. The minimum atomic E-state index is -1.10. The molecule has 0 spiro atoms. The number of carbonyl (C=O) groups excluding carboxylic acids is 2. The van der Waals surface area contributed by atoms with Crippen LogP contribution in [0.5, 0.6) is 17.2 Å². The first-order valence-electron chi connectivity index (χ1n) is 9.61. The van der Waals surface area contributed by atoms with Crippen molar-refractivity contribution in [3.63, 3.8) is 0 Å². The molecule has 160 valence electrons. The summed E-state index contributed by atoms with van der Waals surface area (Å²) in [6.07, 6.45) is 0. The Bertz CT molecular complexity index is 1050. The van der Waals surface area contributed by atoms with Gasteiger partial charge in [-0.3, -0.25) is 9.59 Å². The first kappa shape index (κ1) is 21.8. The average Bonchev–Trinajstić information content (AvgIpc) is 2.74. The largest absolute Gasteiger partial charge is 0.484 e. The number of nitrogens with zero attached hydrogens (tertiary/aromatic N) is 1. The van der Waals surface area contributed by atoms with Crippen molar-refractivity contribution >= 4 is 11.8 Å². The molecule has 1 unspecified atom stereocenters. The van der Waals surface area contributed by atoms with Gasteiger partial charge in [0.25, 0.3) is 5.91 Å². The lowest BCUT2D eigenvalue weighted by atomic mass is 10.0. The van der Waals surface area contributed by atoms with Crippen molar-refractivity contribution in [3.8, 4) is 17.2 Å². The van der Waals surface area contributed by atoms with E-state index >= 15 is 0 Å². The van der Waals surface area contributed by atoms with Gasteiger partial charge in [0.15, 0.2) is 6.61 Å². The lowest BCUT2D eigenvalue weighted by Gasteiger charge is -2.26. The molecule has 0 aliphatic heterocycles. The van der Waals surface area contributed by atoms with Crippen molar-refractivity contribution in [2.45, 2.75) is 13.0 Å². The summed E-state index contributed by atoms with van der Waals surface area (Å²) in [6, 6.07) is 18.8. The maximum absolute atomic E-state index is 13.5. The predicted octanol–water partition coefficient (Wildman–Crippen LogP) is 3.99. The zero-order chi connectivity index (χ0) is 22.4. The summed E-state index contributed by atoms with van der Waals surface area (Å²) in [7, 11) is 1.42. The highest BCUT2D eigenvalue weighted by Crippen LogP contribution is 2.25. The van der Waals surface area contributed by atoms with Crippen LogP contribution in [-0.4, -0.2) is 30.4 Å². The van der Waals surface area contributed by atoms with E-state index in [1.807, 2.05) is 31.2 Å². The van der Waals surface area contributed by atoms with Gasteiger partial charge in [-0.25, -0.2) is 4.39 Å². The molecule has 31 heavy (non-hydrogen) atoms. The Morgan fingerprint density at radius 1 is 0.968 bits per heavy atom. The van der Waals surface area contributed by atoms with Crippen LogP contribution in [0.2, 0.25) is 0 Å². The molecule has 3 aromatic carbocycles. The zero-order valence-electron chi connectivity index (χ0n) is 17.2. The third-order valence-corrected chi connectivity index (χ3v) is 4.66. The van der Waals surface area contributed by atoms with Crippen LogP contribution in [0.15, 0.2) is 72.8 Å². The predicted molar refractivity (Wildman–Crippen MR) is 114 cm³/mol. The zero-order valence-corrected chi connectivity index (χ0v) is 17.2. The van der Waals surface area contributed by atoms with Gasteiger partial charge in [-0.15, -0.1) is 0 Å². The van der Waals surface area contributed by atoms with E-state index in [1.165, 1.54) is 31.3 Å². The van der Waals surface area contributed by atoms with Crippen molar-refractivity contribution in [2.75, 3.05) is 13.7 Å². The lowest BCUT2D eigenvalue weighted by molar-refractivity contribution is -0.139. The summed E-state index contributed by atoms with van der Waals surface area (Å²) in [6.45, 7) is 1.69. The number of primary amides is 1. The first-order valence-corrected chi connectivity index (χ1v) is 9.61. The molecule has 0 saturated carbocycles. The maximum Gasteiger partial charge on any atom is 0.261 e. The molecule has 0 fully saturated rings. The van der Waals surface area contributed by atoms with Crippen LogP contribution in [0.3, 0.4) is 0 Å². The number of halogens is 1. The summed E-state index contributed by atoms with van der Waals surface area (Å²) >= 11 is 0. The van der Waals surface area contributed by atoms with E-state index in [0.717, 1.165) is 10.5 Å². The first-order chi connectivity index (χ1) is 14.8. The Morgan fingerprint density at radius 2 is 1.55 bits per heavy atom. The molecule has 6 nitrogen and oxygen atoms in total. The van der Waals surface area contributed by atoms with Gasteiger partial charge >= 0.3 is 0 Å². The number of nitrogens with two attached hydrogens (primary N) is 1. The highest BCUT2D eigenvalue weighted by atomic mass is 19.1.